The molecule has 0 aliphatic carbocycles. The van der Waals surface area contributed by atoms with Crippen LogP contribution >= 0.6 is 0 Å². The van der Waals surface area contributed by atoms with Crippen LogP contribution in [0.4, 0.5) is 11.4 Å². The zero-order valence-electron chi connectivity index (χ0n) is 13.1. The van der Waals surface area contributed by atoms with Gasteiger partial charge in [-0.15, -0.1) is 0 Å². The molecule has 6 heteroatoms. The summed E-state index contributed by atoms with van der Waals surface area (Å²) in [5, 5.41) is 0. The summed E-state index contributed by atoms with van der Waals surface area (Å²) in [6.45, 7) is 2.18. The number of amides is 1. The molecule has 0 radical (unpaired) electrons. The predicted octanol–water partition coefficient (Wildman–Crippen LogP) is 2.52. The maximum atomic E-state index is 12.3. The Morgan fingerprint density at radius 1 is 0.913 bits per heavy atom. The Hall–Kier alpha value is -2.34. The molecule has 1 aliphatic heterocycles. The van der Waals surface area contributed by atoms with Crippen LogP contribution < -0.4 is 9.21 Å². The largest absolute Gasteiger partial charge is 0.306 e. The fourth-order valence-corrected chi connectivity index (χ4v) is 3.73. The van der Waals surface area contributed by atoms with Gasteiger partial charge in [0.1, 0.15) is 0 Å². The van der Waals surface area contributed by atoms with Crippen molar-refractivity contribution in [3.63, 3.8) is 0 Å². The van der Waals surface area contributed by atoms with Gasteiger partial charge in [0, 0.05) is 6.92 Å². The number of rotatable bonds is 1. The zero-order valence-corrected chi connectivity index (χ0v) is 13.9. The first-order chi connectivity index (χ1) is 10.9. The summed E-state index contributed by atoms with van der Waals surface area (Å²) >= 11 is 0. The van der Waals surface area contributed by atoms with Crippen LogP contribution in [0.2, 0.25) is 0 Å². The fraction of sp³-hybridized carbons (Fsp3) is 0.235. The van der Waals surface area contributed by atoms with E-state index in [1.54, 1.807) is 23.1 Å². The molecule has 120 valence electrons. The van der Waals surface area contributed by atoms with E-state index in [9.17, 15) is 13.2 Å². The molecular formula is C17H18N2O3S. The van der Waals surface area contributed by atoms with Crippen LogP contribution in [0.3, 0.4) is 0 Å². The Kier molecular flexibility index (Phi) is 3.85. The minimum absolute atomic E-state index is 0.123. The van der Waals surface area contributed by atoms with Gasteiger partial charge in [0.15, 0.2) is 0 Å². The molecule has 0 saturated carbocycles. The average Bonchev–Trinajstić information content (AvgIpc) is 2.48. The van der Waals surface area contributed by atoms with Crippen molar-refractivity contribution in [1.82, 2.24) is 0 Å². The fourth-order valence-electron chi connectivity index (χ4n) is 2.84. The van der Waals surface area contributed by atoms with Crippen molar-refractivity contribution in [2.75, 3.05) is 15.5 Å². The highest BCUT2D eigenvalue weighted by molar-refractivity contribution is 7.92. The Bertz CT molecular complexity index is 862. The van der Waals surface area contributed by atoms with Crippen molar-refractivity contribution < 1.29 is 13.2 Å². The summed E-state index contributed by atoms with van der Waals surface area (Å²) in [4.78, 5) is 13.8. The average molecular weight is 330 g/mol. The van der Waals surface area contributed by atoms with Crippen LogP contribution in [0.25, 0.3) is 0 Å². The van der Waals surface area contributed by atoms with E-state index in [1.807, 2.05) is 30.3 Å². The van der Waals surface area contributed by atoms with Crippen molar-refractivity contribution >= 4 is 27.3 Å². The normalized spacial score (nSPS) is 14.5. The van der Waals surface area contributed by atoms with E-state index < -0.39 is 10.0 Å². The van der Waals surface area contributed by atoms with Crippen LogP contribution in [-0.2, 0) is 27.9 Å². The Labute approximate surface area is 136 Å². The van der Waals surface area contributed by atoms with Crippen LogP contribution in [0.5, 0.6) is 0 Å². The molecule has 0 fully saturated rings. The van der Waals surface area contributed by atoms with Gasteiger partial charge in [0.25, 0.3) is 0 Å². The third kappa shape index (κ3) is 2.94. The van der Waals surface area contributed by atoms with Crippen LogP contribution in [0, 0.1) is 0 Å². The van der Waals surface area contributed by atoms with E-state index in [0.29, 0.717) is 17.9 Å². The lowest BCUT2D eigenvalue weighted by Crippen LogP contribution is -2.36. The number of sulfonamides is 1. The van der Waals surface area contributed by atoms with Crippen molar-refractivity contribution in [2.24, 2.45) is 0 Å². The lowest BCUT2D eigenvalue weighted by Gasteiger charge is -2.33. The highest BCUT2D eigenvalue weighted by atomic mass is 32.2. The van der Waals surface area contributed by atoms with Gasteiger partial charge in [-0.3, -0.25) is 9.10 Å². The molecule has 1 heterocycles. The number of anilines is 2. The lowest BCUT2D eigenvalue weighted by atomic mass is 10.0. The highest BCUT2D eigenvalue weighted by Gasteiger charge is 2.28. The molecule has 0 spiro atoms. The molecule has 0 unspecified atom stereocenters. The predicted molar refractivity (Wildman–Crippen MR) is 90.8 cm³/mol. The first kappa shape index (κ1) is 15.6. The van der Waals surface area contributed by atoms with E-state index in [2.05, 4.69) is 0 Å². The third-order valence-corrected chi connectivity index (χ3v) is 5.11. The van der Waals surface area contributed by atoms with E-state index >= 15 is 0 Å². The number of fused-ring (bicyclic) bond motifs is 2. The number of para-hydroxylation sites is 2. The van der Waals surface area contributed by atoms with Gasteiger partial charge in [-0.2, -0.15) is 0 Å². The van der Waals surface area contributed by atoms with Crippen molar-refractivity contribution in [1.29, 1.82) is 0 Å². The number of benzene rings is 2. The molecule has 2 aromatic carbocycles. The van der Waals surface area contributed by atoms with E-state index in [4.69, 9.17) is 0 Å². The maximum absolute atomic E-state index is 12.3. The molecule has 5 nitrogen and oxygen atoms in total. The summed E-state index contributed by atoms with van der Waals surface area (Å²) in [6, 6.07) is 14.7. The van der Waals surface area contributed by atoms with E-state index in [0.717, 1.165) is 11.1 Å². The minimum atomic E-state index is -3.48. The quantitative estimate of drug-likeness (QED) is 0.807. The molecular weight excluding hydrogens is 312 g/mol. The second-order valence-corrected chi connectivity index (χ2v) is 7.54. The number of carbonyl (C=O) groups is 1. The smallest absolute Gasteiger partial charge is 0.232 e. The summed E-state index contributed by atoms with van der Waals surface area (Å²) in [6.07, 6.45) is 1.19. The van der Waals surface area contributed by atoms with E-state index in [-0.39, 0.29) is 12.5 Å². The molecule has 0 N–H and O–H groups in total. The summed E-state index contributed by atoms with van der Waals surface area (Å²) in [5.41, 5.74) is 2.99. The van der Waals surface area contributed by atoms with Crippen molar-refractivity contribution in [3.8, 4) is 0 Å². The molecule has 23 heavy (non-hydrogen) atoms. The summed E-state index contributed by atoms with van der Waals surface area (Å²) in [5.74, 6) is -0.123. The lowest BCUT2D eigenvalue weighted by molar-refractivity contribution is -0.116. The number of nitrogens with zero attached hydrogens (tertiary/aromatic N) is 2. The van der Waals surface area contributed by atoms with Gasteiger partial charge in [-0.05, 0) is 23.3 Å². The molecule has 3 rings (SSSR count). The number of hydrogen-bond acceptors (Lipinski definition) is 3. The van der Waals surface area contributed by atoms with Crippen LogP contribution in [0.1, 0.15) is 18.1 Å². The molecule has 0 atom stereocenters. The van der Waals surface area contributed by atoms with Crippen molar-refractivity contribution in [2.45, 2.75) is 20.0 Å². The molecule has 0 bridgehead atoms. The third-order valence-electron chi connectivity index (χ3n) is 3.98. The van der Waals surface area contributed by atoms with Crippen LogP contribution in [-0.4, -0.2) is 20.6 Å². The molecule has 0 saturated heterocycles. The first-order valence-corrected chi connectivity index (χ1v) is 9.14. The second kappa shape index (κ2) is 5.70. The standard InChI is InChI=1S/C17H18N2O3S/c1-13(20)18-11-14-7-3-4-8-15(14)12-19(23(2,21)22)17-10-6-5-9-16(17)18/h3-10H,11-12H2,1-2H3. The monoisotopic (exact) mass is 330 g/mol. The Morgan fingerprint density at radius 2 is 1.43 bits per heavy atom. The van der Waals surface area contributed by atoms with Crippen LogP contribution in [0.15, 0.2) is 48.5 Å². The molecule has 1 aliphatic rings. The molecule has 0 aromatic heterocycles. The highest BCUT2D eigenvalue weighted by Crippen LogP contribution is 2.35. The number of carbonyl (C=O) groups excluding carboxylic acids is 1. The van der Waals surface area contributed by atoms with Gasteiger partial charge < -0.3 is 4.90 Å². The van der Waals surface area contributed by atoms with Gasteiger partial charge in [-0.25, -0.2) is 8.42 Å². The number of hydrogen-bond donors (Lipinski definition) is 0. The Balaban J connectivity index is 2.27. The van der Waals surface area contributed by atoms with Gasteiger partial charge in [-0.1, -0.05) is 36.4 Å². The van der Waals surface area contributed by atoms with Gasteiger partial charge >= 0.3 is 0 Å². The summed E-state index contributed by atoms with van der Waals surface area (Å²) in [7, 11) is -3.48. The van der Waals surface area contributed by atoms with Gasteiger partial charge in [0.2, 0.25) is 15.9 Å². The first-order valence-electron chi connectivity index (χ1n) is 7.29. The Morgan fingerprint density at radius 3 is 2.00 bits per heavy atom. The topological polar surface area (TPSA) is 57.7 Å². The SMILES string of the molecule is CC(=O)N1Cc2ccccc2CN(S(C)(=O)=O)c2ccccc21. The molecule has 1 amide bonds. The second-order valence-electron chi connectivity index (χ2n) is 5.63. The zero-order chi connectivity index (χ0) is 16.6. The maximum Gasteiger partial charge on any atom is 0.232 e. The van der Waals surface area contributed by atoms with E-state index in [1.165, 1.54) is 17.5 Å². The van der Waals surface area contributed by atoms with Gasteiger partial charge in [0.05, 0.1) is 30.7 Å². The summed E-state index contributed by atoms with van der Waals surface area (Å²) < 4.78 is 26.0. The minimum Gasteiger partial charge on any atom is -0.306 e. The molecule has 2 aromatic rings. The van der Waals surface area contributed by atoms with Crippen molar-refractivity contribution in [3.05, 3.63) is 59.7 Å².